The predicted octanol–water partition coefficient (Wildman–Crippen LogP) is 3.36. The monoisotopic (exact) mass is 447 g/mol. The Labute approximate surface area is 196 Å². The van der Waals surface area contributed by atoms with E-state index in [9.17, 15) is 4.79 Å². The number of methoxy groups -OCH3 is 1. The maximum atomic E-state index is 13.3. The summed E-state index contributed by atoms with van der Waals surface area (Å²) in [6.45, 7) is 6.03. The van der Waals surface area contributed by atoms with Gasteiger partial charge in [0.1, 0.15) is 11.6 Å². The van der Waals surface area contributed by atoms with Crippen molar-refractivity contribution in [3.63, 3.8) is 0 Å². The van der Waals surface area contributed by atoms with Gasteiger partial charge in [0.2, 0.25) is 0 Å². The van der Waals surface area contributed by atoms with Crippen LogP contribution in [-0.4, -0.2) is 86.8 Å². The molecule has 3 heterocycles. The molecule has 2 aromatic rings. The van der Waals surface area contributed by atoms with Crippen LogP contribution in [0.1, 0.15) is 46.7 Å². The highest BCUT2D eigenvalue weighted by molar-refractivity contribution is 6.22. The second-order valence-corrected chi connectivity index (χ2v) is 9.55. The molecule has 1 saturated carbocycles. The summed E-state index contributed by atoms with van der Waals surface area (Å²) in [7, 11) is 5.90. The first-order valence-electron chi connectivity index (χ1n) is 11.9. The van der Waals surface area contributed by atoms with E-state index >= 15 is 0 Å². The Morgan fingerprint density at radius 1 is 1.15 bits per heavy atom. The SMILES string of the molecule is COc1cc2c(c(C3CC3)c1)C(=O)CC(c1cccnc1N1CCN(CCN(C)C)CC1)=N2. The second kappa shape index (κ2) is 9.23. The van der Waals surface area contributed by atoms with Gasteiger partial charge in [-0.25, -0.2) is 4.98 Å². The normalized spacial score (nSPS) is 19.0. The molecule has 33 heavy (non-hydrogen) atoms. The van der Waals surface area contributed by atoms with Crippen molar-refractivity contribution >= 4 is 23.0 Å². The molecule has 3 aliphatic rings. The van der Waals surface area contributed by atoms with Crippen LogP contribution in [0.25, 0.3) is 0 Å². The van der Waals surface area contributed by atoms with E-state index in [1.54, 1.807) is 7.11 Å². The molecule has 1 saturated heterocycles. The van der Waals surface area contributed by atoms with E-state index in [1.165, 1.54) is 0 Å². The highest BCUT2D eigenvalue weighted by Gasteiger charge is 2.33. The maximum Gasteiger partial charge on any atom is 0.171 e. The number of aliphatic imine (C=N–C) groups is 1. The molecule has 0 amide bonds. The van der Waals surface area contributed by atoms with Crippen LogP contribution >= 0.6 is 0 Å². The van der Waals surface area contributed by atoms with Gasteiger partial charge in [-0.05, 0) is 56.6 Å². The highest BCUT2D eigenvalue weighted by Crippen LogP contribution is 2.47. The number of benzene rings is 1. The molecule has 0 spiro atoms. The third-order valence-electron chi connectivity index (χ3n) is 6.87. The van der Waals surface area contributed by atoms with Crippen LogP contribution in [0.2, 0.25) is 0 Å². The van der Waals surface area contributed by atoms with Crippen LogP contribution in [0.4, 0.5) is 11.5 Å². The standard InChI is InChI=1S/C26H33N5O2/c1-29(2)9-10-30-11-13-31(14-12-30)26-20(5-4-8-27-26)22-17-24(32)25-21(18-6-7-18)15-19(33-3)16-23(25)28-22/h4-5,8,15-16,18H,6-7,9-14,17H2,1-3H3. The molecule has 1 aliphatic carbocycles. The van der Waals surface area contributed by atoms with Crippen molar-refractivity contribution in [3.8, 4) is 5.75 Å². The number of piperazine rings is 1. The lowest BCUT2D eigenvalue weighted by atomic mass is 9.90. The molecule has 5 rings (SSSR count). The first-order chi connectivity index (χ1) is 16.0. The molecule has 0 bridgehead atoms. The third kappa shape index (κ3) is 4.66. The zero-order valence-corrected chi connectivity index (χ0v) is 19.9. The van der Waals surface area contributed by atoms with E-state index in [1.807, 2.05) is 24.4 Å². The van der Waals surface area contributed by atoms with E-state index in [-0.39, 0.29) is 5.78 Å². The van der Waals surface area contributed by atoms with Gasteiger partial charge in [-0.3, -0.25) is 14.7 Å². The number of carbonyl (C=O) groups is 1. The number of Topliss-reactive ketones (excluding diaryl/α,β-unsaturated/α-hetero) is 1. The number of aromatic nitrogens is 1. The minimum absolute atomic E-state index is 0.155. The van der Waals surface area contributed by atoms with E-state index in [4.69, 9.17) is 14.7 Å². The quantitative estimate of drug-likeness (QED) is 0.649. The van der Waals surface area contributed by atoms with Crippen molar-refractivity contribution < 1.29 is 9.53 Å². The summed E-state index contributed by atoms with van der Waals surface area (Å²) in [6.07, 6.45) is 4.43. The van der Waals surface area contributed by atoms with E-state index < -0.39 is 0 Å². The van der Waals surface area contributed by atoms with Gasteiger partial charge in [-0.1, -0.05) is 0 Å². The summed E-state index contributed by atoms with van der Waals surface area (Å²) in [6, 6.07) is 7.92. The van der Waals surface area contributed by atoms with Gasteiger partial charge in [0.25, 0.3) is 0 Å². The Kier molecular flexibility index (Phi) is 6.17. The molecule has 7 heteroatoms. The molecule has 174 valence electrons. The van der Waals surface area contributed by atoms with Gasteiger partial charge >= 0.3 is 0 Å². The van der Waals surface area contributed by atoms with Crippen molar-refractivity contribution in [2.24, 2.45) is 4.99 Å². The highest BCUT2D eigenvalue weighted by atomic mass is 16.5. The second-order valence-electron chi connectivity index (χ2n) is 9.55. The average Bonchev–Trinajstić information content (AvgIpc) is 3.67. The molecular weight excluding hydrogens is 414 g/mol. The van der Waals surface area contributed by atoms with Crippen molar-refractivity contribution in [3.05, 3.63) is 47.2 Å². The van der Waals surface area contributed by atoms with Gasteiger partial charge < -0.3 is 14.5 Å². The predicted molar refractivity (Wildman–Crippen MR) is 132 cm³/mol. The number of nitrogens with zero attached hydrogens (tertiary/aromatic N) is 5. The summed E-state index contributed by atoms with van der Waals surface area (Å²) in [5, 5.41) is 0. The lowest BCUT2D eigenvalue weighted by Crippen LogP contribution is -2.48. The smallest absolute Gasteiger partial charge is 0.171 e. The Morgan fingerprint density at radius 2 is 1.94 bits per heavy atom. The number of hydrogen-bond acceptors (Lipinski definition) is 7. The number of ketones is 1. The first-order valence-corrected chi connectivity index (χ1v) is 11.9. The van der Waals surface area contributed by atoms with E-state index in [0.29, 0.717) is 12.3 Å². The maximum absolute atomic E-state index is 13.3. The Hall–Kier alpha value is -2.77. The number of carbonyl (C=O) groups excluding carboxylic acids is 1. The minimum atomic E-state index is 0.155. The number of fused-ring (bicyclic) bond motifs is 1. The minimum Gasteiger partial charge on any atom is -0.497 e. The summed E-state index contributed by atoms with van der Waals surface area (Å²) < 4.78 is 5.53. The van der Waals surface area contributed by atoms with Crippen molar-refractivity contribution in [1.82, 2.24) is 14.8 Å². The largest absolute Gasteiger partial charge is 0.497 e. The molecule has 2 aliphatic heterocycles. The molecule has 0 radical (unpaired) electrons. The number of ether oxygens (including phenoxy) is 1. The fourth-order valence-corrected chi connectivity index (χ4v) is 4.83. The topological polar surface area (TPSA) is 61.3 Å². The molecule has 7 nitrogen and oxygen atoms in total. The van der Waals surface area contributed by atoms with Crippen LogP contribution in [0.5, 0.6) is 5.75 Å². The van der Waals surface area contributed by atoms with Crippen molar-refractivity contribution in [2.45, 2.75) is 25.2 Å². The molecule has 0 N–H and O–H groups in total. The zero-order valence-electron chi connectivity index (χ0n) is 19.9. The van der Waals surface area contributed by atoms with Gasteiger partial charge in [0, 0.05) is 62.7 Å². The molecule has 0 unspecified atom stereocenters. The van der Waals surface area contributed by atoms with Crippen LogP contribution in [0.3, 0.4) is 0 Å². The molecule has 0 atom stereocenters. The van der Waals surface area contributed by atoms with Crippen molar-refractivity contribution in [2.75, 3.05) is 65.4 Å². The van der Waals surface area contributed by atoms with Gasteiger partial charge in [-0.2, -0.15) is 0 Å². The molecule has 2 fully saturated rings. The summed E-state index contributed by atoms with van der Waals surface area (Å²) in [5.74, 6) is 2.33. The number of hydrogen-bond donors (Lipinski definition) is 0. The first kappa shape index (κ1) is 22.0. The average molecular weight is 448 g/mol. The third-order valence-corrected chi connectivity index (χ3v) is 6.87. The molecule has 1 aromatic carbocycles. The van der Waals surface area contributed by atoms with E-state index in [2.05, 4.69) is 34.9 Å². The summed E-state index contributed by atoms with van der Waals surface area (Å²) in [4.78, 5) is 30.1. The lowest BCUT2D eigenvalue weighted by Gasteiger charge is -2.36. The van der Waals surface area contributed by atoms with Gasteiger partial charge in [0.15, 0.2) is 5.78 Å². The van der Waals surface area contributed by atoms with Crippen LogP contribution in [0.15, 0.2) is 35.5 Å². The number of pyridine rings is 1. The molecule has 1 aromatic heterocycles. The van der Waals surface area contributed by atoms with Gasteiger partial charge in [0.05, 0.1) is 24.9 Å². The zero-order chi connectivity index (χ0) is 22.9. The van der Waals surface area contributed by atoms with Gasteiger partial charge in [-0.15, -0.1) is 0 Å². The Morgan fingerprint density at radius 3 is 2.64 bits per heavy atom. The van der Waals surface area contributed by atoms with E-state index in [0.717, 1.165) is 91.8 Å². The number of likely N-dealkylation sites (N-methyl/N-ethyl adjacent to an activating group) is 1. The fraction of sp³-hybridized carbons (Fsp3) is 0.500. The number of rotatable bonds is 7. The molecular formula is C26H33N5O2. The summed E-state index contributed by atoms with van der Waals surface area (Å²) >= 11 is 0. The fourth-order valence-electron chi connectivity index (χ4n) is 4.83. The van der Waals surface area contributed by atoms with Crippen LogP contribution < -0.4 is 9.64 Å². The Balaban J connectivity index is 1.43. The Bertz CT molecular complexity index is 1070. The van der Waals surface area contributed by atoms with Crippen LogP contribution in [0, 0.1) is 0 Å². The number of anilines is 1. The van der Waals surface area contributed by atoms with Crippen molar-refractivity contribution in [1.29, 1.82) is 0 Å². The van der Waals surface area contributed by atoms with Crippen LogP contribution in [-0.2, 0) is 0 Å². The summed E-state index contributed by atoms with van der Waals surface area (Å²) in [5.41, 5.74) is 4.42. The lowest BCUT2D eigenvalue weighted by molar-refractivity contribution is 0.0999.